The first-order valence-electron chi connectivity index (χ1n) is 14.6. The third kappa shape index (κ3) is 5.41. The van der Waals surface area contributed by atoms with Crippen LogP contribution in [0.15, 0.2) is 70.5 Å². The third-order valence-corrected chi connectivity index (χ3v) is 8.34. The first kappa shape index (κ1) is 29.4. The Morgan fingerprint density at radius 2 is 1.82 bits per heavy atom. The SMILES string of the molecule is [CH2]c1c(-c2cc(Nc3ccc(C4CCN(C)C4)cn3)c(=O)n(C)n2)cccc1-n1ncc2cc(C(C)(C)C)cc(F)c2c1=O. The number of fused-ring (bicyclic) bond motifs is 1. The van der Waals surface area contributed by atoms with Gasteiger partial charge < -0.3 is 10.2 Å². The number of nitrogens with zero attached hydrogens (tertiary/aromatic N) is 6. The molecule has 0 spiro atoms. The van der Waals surface area contributed by atoms with E-state index in [2.05, 4.69) is 39.4 Å². The van der Waals surface area contributed by atoms with Crippen molar-refractivity contribution in [3.63, 3.8) is 0 Å². The van der Waals surface area contributed by atoms with Crippen molar-refractivity contribution in [1.82, 2.24) is 29.4 Å². The van der Waals surface area contributed by atoms with Gasteiger partial charge in [-0.05, 0) is 85.3 Å². The molecule has 1 unspecified atom stereocenters. The molecule has 44 heavy (non-hydrogen) atoms. The third-order valence-electron chi connectivity index (χ3n) is 8.34. The molecule has 1 aliphatic rings. The van der Waals surface area contributed by atoms with Crippen LogP contribution in [0.5, 0.6) is 0 Å². The van der Waals surface area contributed by atoms with Gasteiger partial charge in [-0.3, -0.25) is 9.59 Å². The van der Waals surface area contributed by atoms with Crippen LogP contribution in [0.1, 0.15) is 49.8 Å². The van der Waals surface area contributed by atoms with E-state index in [1.165, 1.54) is 22.5 Å². The molecule has 6 rings (SSSR count). The monoisotopic (exact) mass is 592 g/mol. The van der Waals surface area contributed by atoms with Gasteiger partial charge in [0.05, 0.1) is 23.0 Å². The van der Waals surface area contributed by atoms with E-state index in [1.54, 1.807) is 37.4 Å². The lowest BCUT2D eigenvalue weighted by molar-refractivity contribution is 0.411. The maximum Gasteiger partial charge on any atom is 0.290 e. The number of anilines is 2. The Hall–Kier alpha value is -4.70. The van der Waals surface area contributed by atoms with Crippen molar-refractivity contribution >= 4 is 22.3 Å². The summed E-state index contributed by atoms with van der Waals surface area (Å²) in [5.41, 5.74) is 2.93. The number of hydrogen-bond donors (Lipinski definition) is 1. The van der Waals surface area contributed by atoms with Crippen LogP contribution >= 0.6 is 0 Å². The minimum Gasteiger partial charge on any atom is -0.336 e. The predicted octanol–water partition coefficient (Wildman–Crippen LogP) is 5.32. The Balaban J connectivity index is 1.36. The molecule has 10 heteroatoms. The molecule has 4 heterocycles. The minimum absolute atomic E-state index is 0.0389. The van der Waals surface area contributed by atoms with Gasteiger partial charge in [0.1, 0.15) is 17.3 Å². The van der Waals surface area contributed by atoms with Crippen LogP contribution in [-0.4, -0.2) is 49.6 Å². The standard InChI is InChI=1S/C34H35FN7O2/c1-20-25(8-7-9-29(20)42-33(44)31-23(18-37-42)14-24(15-26(31)35)34(2,3)4)27-16-28(32(43)41(6)39-27)38-30-11-10-21(17-36-30)22-12-13-40(5)19-22/h7-11,14-18,22H,1,12-13,19H2,2-6H3,(H,36,38). The van der Waals surface area contributed by atoms with Crippen molar-refractivity contribution in [1.29, 1.82) is 0 Å². The van der Waals surface area contributed by atoms with E-state index < -0.39 is 11.4 Å². The van der Waals surface area contributed by atoms with Crippen molar-refractivity contribution in [3.05, 3.63) is 111 Å². The van der Waals surface area contributed by atoms with Gasteiger partial charge in [0.25, 0.3) is 11.1 Å². The largest absolute Gasteiger partial charge is 0.336 e. The van der Waals surface area contributed by atoms with E-state index in [1.807, 2.05) is 39.1 Å². The van der Waals surface area contributed by atoms with Crippen LogP contribution in [0.4, 0.5) is 15.9 Å². The van der Waals surface area contributed by atoms with E-state index in [4.69, 9.17) is 0 Å². The Labute approximate surface area is 255 Å². The summed E-state index contributed by atoms with van der Waals surface area (Å²) >= 11 is 0. The first-order valence-corrected chi connectivity index (χ1v) is 14.6. The molecule has 3 aromatic heterocycles. The normalized spacial score (nSPS) is 15.7. The lowest BCUT2D eigenvalue weighted by Crippen LogP contribution is -2.24. The number of aryl methyl sites for hydroxylation is 1. The van der Waals surface area contributed by atoms with Gasteiger partial charge in [0.15, 0.2) is 0 Å². The molecule has 1 saturated heterocycles. The summed E-state index contributed by atoms with van der Waals surface area (Å²) in [6, 6.07) is 14.0. The van der Waals surface area contributed by atoms with Gasteiger partial charge in [0.2, 0.25) is 0 Å². The Morgan fingerprint density at radius 1 is 1.02 bits per heavy atom. The number of pyridine rings is 1. The highest BCUT2D eigenvalue weighted by Gasteiger charge is 2.22. The maximum atomic E-state index is 15.3. The van der Waals surface area contributed by atoms with E-state index in [-0.39, 0.29) is 16.4 Å². The summed E-state index contributed by atoms with van der Waals surface area (Å²) in [5.74, 6) is 0.399. The second-order valence-electron chi connectivity index (χ2n) is 12.6. The van der Waals surface area contributed by atoms with E-state index in [0.717, 1.165) is 29.8 Å². The van der Waals surface area contributed by atoms with Crippen LogP contribution in [0, 0.1) is 12.7 Å². The van der Waals surface area contributed by atoms with Crippen molar-refractivity contribution in [3.8, 4) is 16.9 Å². The van der Waals surface area contributed by atoms with E-state index in [0.29, 0.717) is 45.3 Å². The molecule has 0 saturated carbocycles. The Bertz CT molecular complexity index is 2010. The molecule has 1 fully saturated rings. The molecule has 5 aromatic rings. The molecule has 0 amide bonds. The zero-order valence-electron chi connectivity index (χ0n) is 25.6. The zero-order valence-corrected chi connectivity index (χ0v) is 25.6. The fourth-order valence-corrected chi connectivity index (χ4v) is 5.75. The lowest BCUT2D eigenvalue weighted by atomic mass is 9.86. The Kier molecular flexibility index (Phi) is 7.41. The van der Waals surface area contributed by atoms with Crippen LogP contribution in [0.25, 0.3) is 27.7 Å². The molecule has 9 nitrogen and oxygen atoms in total. The quantitative estimate of drug-likeness (QED) is 0.295. The highest BCUT2D eigenvalue weighted by Crippen LogP contribution is 2.30. The van der Waals surface area contributed by atoms with Crippen LogP contribution in [0.3, 0.4) is 0 Å². The minimum atomic E-state index is -0.594. The lowest BCUT2D eigenvalue weighted by Gasteiger charge is -2.20. The number of likely N-dealkylation sites (N-methyl/N-ethyl adjacent to an activating group) is 1. The topological polar surface area (TPSA) is 97.9 Å². The number of benzene rings is 2. The van der Waals surface area contributed by atoms with Crippen LogP contribution in [0.2, 0.25) is 0 Å². The summed E-state index contributed by atoms with van der Waals surface area (Å²) in [6.45, 7) is 12.3. The number of halogens is 1. The summed E-state index contributed by atoms with van der Waals surface area (Å²) in [5, 5.41) is 12.4. The summed E-state index contributed by atoms with van der Waals surface area (Å²) < 4.78 is 17.7. The molecule has 1 radical (unpaired) electrons. The number of nitrogens with one attached hydrogen (secondary N) is 1. The van der Waals surface area contributed by atoms with E-state index >= 15 is 4.39 Å². The molecule has 1 atom stereocenters. The van der Waals surface area contributed by atoms with Gasteiger partial charge in [-0.2, -0.15) is 14.9 Å². The van der Waals surface area contributed by atoms with Gasteiger partial charge >= 0.3 is 0 Å². The highest BCUT2D eigenvalue weighted by atomic mass is 19.1. The summed E-state index contributed by atoms with van der Waals surface area (Å²) in [7, 11) is 3.69. The van der Waals surface area contributed by atoms with Crippen LogP contribution < -0.4 is 16.4 Å². The molecule has 0 bridgehead atoms. The maximum absolute atomic E-state index is 15.3. The van der Waals surface area contributed by atoms with Crippen molar-refractivity contribution in [2.75, 3.05) is 25.5 Å². The number of rotatable bonds is 5. The van der Waals surface area contributed by atoms with Gasteiger partial charge in [-0.15, -0.1) is 0 Å². The second-order valence-corrected chi connectivity index (χ2v) is 12.6. The summed E-state index contributed by atoms with van der Waals surface area (Å²) in [6.07, 6.45) is 4.45. The molecule has 225 valence electrons. The highest BCUT2D eigenvalue weighted by molar-refractivity contribution is 5.83. The predicted molar refractivity (Wildman–Crippen MR) is 171 cm³/mol. The van der Waals surface area contributed by atoms with E-state index in [9.17, 15) is 9.59 Å². The van der Waals surface area contributed by atoms with Crippen molar-refractivity contribution < 1.29 is 4.39 Å². The molecule has 1 N–H and O–H groups in total. The van der Waals surface area contributed by atoms with Gasteiger partial charge in [-0.25, -0.2) is 14.1 Å². The van der Waals surface area contributed by atoms with Crippen LogP contribution in [-0.2, 0) is 12.5 Å². The molecule has 1 aliphatic heterocycles. The average Bonchev–Trinajstić information content (AvgIpc) is 3.42. The Morgan fingerprint density at radius 3 is 2.50 bits per heavy atom. The molecule has 0 aliphatic carbocycles. The molecule has 2 aromatic carbocycles. The first-order chi connectivity index (χ1) is 20.9. The van der Waals surface area contributed by atoms with Gasteiger partial charge in [0, 0.05) is 30.7 Å². The number of aromatic nitrogens is 5. The second kappa shape index (κ2) is 11.1. The average molecular weight is 593 g/mol. The fraction of sp³-hybridized carbons (Fsp3) is 0.294. The van der Waals surface area contributed by atoms with Crippen molar-refractivity contribution in [2.45, 2.75) is 38.5 Å². The van der Waals surface area contributed by atoms with Crippen molar-refractivity contribution in [2.24, 2.45) is 7.05 Å². The zero-order chi connectivity index (χ0) is 31.3. The number of likely N-dealkylation sites (tertiary alicyclic amines) is 1. The molecular weight excluding hydrogens is 557 g/mol. The fourth-order valence-electron chi connectivity index (χ4n) is 5.75. The summed E-state index contributed by atoms with van der Waals surface area (Å²) in [4.78, 5) is 33.4. The number of hydrogen-bond acceptors (Lipinski definition) is 7. The van der Waals surface area contributed by atoms with Gasteiger partial charge in [-0.1, -0.05) is 39.0 Å². The smallest absolute Gasteiger partial charge is 0.290 e. The molecular formula is C34H35FN7O2.